The van der Waals surface area contributed by atoms with Gasteiger partial charge >= 0.3 is 0 Å². The van der Waals surface area contributed by atoms with Crippen LogP contribution >= 0.6 is 23.4 Å². The zero-order chi connectivity index (χ0) is 15.5. The standard InChI is InChI=1S/C15H21ClO2S2/c1-15(2,3)11-9-13(18-4)10(7-12(11)16)8-14(19-5)20(6)17/h7-9H,1-6H3/b14-8-. The molecule has 0 radical (unpaired) electrons. The molecule has 0 saturated heterocycles. The average Bonchev–Trinajstić information content (AvgIpc) is 2.34. The van der Waals surface area contributed by atoms with Gasteiger partial charge in [-0.25, -0.2) is 0 Å². The molecular formula is C15H21ClO2S2. The van der Waals surface area contributed by atoms with Gasteiger partial charge in [0.05, 0.1) is 7.11 Å². The largest absolute Gasteiger partial charge is 0.611 e. The van der Waals surface area contributed by atoms with Crippen molar-refractivity contribution in [3.05, 3.63) is 32.5 Å². The second-order valence-electron chi connectivity index (χ2n) is 5.45. The number of benzene rings is 1. The van der Waals surface area contributed by atoms with Gasteiger partial charge in [-0.3, -0.25) is 0 Å². The molecule has 0 saturated carbocycles. The van der Waals surface area contributed by atoms with Crippen molar-refractivity contribution in [2.45, 2.75) is 26.2 Å². The first-order valence-corrected chi connectivity index (χ1v) is 9.34. The van der Waals surface area contributed by atoms with E-state index < -0.39 is 11.2 Å². The van der Waals surface area contributed by atoms with Crippen LogP contribution in [0.5, 0.6) is 5.75 Å². The summed E-state index contributed by atoms with van der Waals surface area (Å²) in [6.45, 7) is 6.33. The van der Waals surface area contributed by atoms with Gasteiger partial charge in [0.25, 0.3) is 0 Å². The van der Waals surface area contributed by atoms with Crippen LogP contribution < -0.4 is 4.74 Å². The van der Waals surface area contributed by atoms with E-state index in [4.69, 9.17) is 16.3 Å². The summed E-state index contributed by atoms with van der Waals surface area (Å²) in [4.78, 5) is 0. The third-order valence-corrected chi connectivity index (χ3v) is 5.61. The van der Waals surface area contributed by atoms with Crippen LogP contribution in [0.3, 0.4) is 0 Å². The van der Waals surface area contributed by atoms with E-state index in [1.807, 2.05) is 24.5 Å². The summed E-state index contributed by atoms with van der Waals surface area (Å²) in [5.74, 6) is 0.747. The summed E-state index contributed by atoms with van der Waals surface area (Å²) >= 11 is 6.83. The zero-order valence-corrected chi connectivity index (χ0v) is 15.1. The number of thioether (sulfide) groups is 1. The molecule has 1 atom stereocenters. The third kappa shape index (κ3) is 4.35. The molecule has 5 heteroatoms. The molecule has 0 spiro atoms. The summed E-state index contributed by atoms with van der Waals surface area (Å²) in [5, 5.41) is 0.701. The normalized spacial score (nSPS) is 14.3. The molecule has 0 aliphatic heterocycles. The van der Waals surface area contributed by atoms with Gasteiger partial charge in [-0.15, -0.1) is 0 Å². The Bertz CT molecular complexity index is 505. The minimum absolute atomic E-state index is 0.0531. The van der Waals surface area contributed by atoms with Crippen LogP contribution in [-0.4, -0.2) is 24.2 Å². The molecule has 1 unspecified atom stereocenters. The highest BCUT2D eigenvalue weighted by Crippen LogP contribution is 2.36. The fourth-order valence-electron chi connectivity index (χ4n) is 1.82. The van der Waals surface area contributed by atoms with Crippen LogP contribution in [0.25, 0.3) is 6.08 Å². The van der Waals surface area contributed by atoms with Gasteiger partial charge in [-0.1, -0.05) is 44.1 Å². The Morgan fingerprint density at radius 3 is 2.40 bits per heavy atom. The van der Waals surface area contributed by atoms with Gasteiger partial charge in [0.1, 0.15) is 12.0 Å². The molecule has 1 aromatic rings. The molecule has 0 heterocycles. The molecule has 112 valence electrons. The smallest absolute Gasteiger partial charge is 0.186 e. The Hall–Kier alpha value is -0.290. The first-order chi connectivity index (χ1) is 9.20. The van der Waals surface area contributed by atoms with Crippen molar-refractivity contribution in [2.24, 2.45) is 0 Å². The minimum atomic E-state index is -1.02. The van der Waals surface area contributed by atoms with Crippen LogP contribution in [0.4, 0.5) is 0 Å². The molecular weight excluding hydrogens is 312 g/mol. The van der Waals surface area contributed by atoms with E-state index in [1.165, 1.54) is 11.8 Å². The highest BCUT2D eigenvalue weighted by atomic mass is 35.5. The maximum Gasteiger partial charge on any atom is 0.186 e. The fourth-order valence-corrected chi connectivity index (χ4v) is 3.75. The predicted molar refractivity (Wildman–Crippen MR) is 92.3 cm³/mol. The van der Waals surface area contributed by atoms with Crippen molar-refractivity contribution in [3.8, 4) is 5.75 Å². The van der Waals surface area contributed by atoms with E-state index in [-0.39, 0.29) is 5.41 Å². The predicted octanol–water partition coefficient (Wildman–Crippen LogP) is 4.69. The number of ether oxygens (including phenoxy) is 1. The molecule has 1 aromatic carbocycles. The number of rotatable bonds is 4. The van der Waals surface area contributed by atoms with Crippen molar-refractivity contribution in [1.82, 2.24) is 0 Å². The summed E-state index contributed by atoms with van der Waals surface area (Å²) in [7, 11) is 1.63. The van der Waals surface area contributed by atoms with E-state index in [0.29, 0.717) is 5.02 Å². The summed E-state index contributed by atoms with van der Waals surface area (Å²) in [6.07, 6.45) is 5.45. The molecule has 2 nitrogen and oxygen atoms in total. The molecule has 20 heavy (non-hydrogen) atoms. The quantitative estimate of drug-likeness (QED) is 0.750. The van der Waals surface area contributed by atoms with E-state index in [9.17, 15) is 4.55 Å². The van der Waals surface area contributed by atoms with Gasteiger partial charge in [0.15, 0.2) is 4.24 Å². The first-order valence-electron chi connectivity index (χ1n) is 6.17. The van der Waals surface area contributed by atoms with Gasteiger partial charge in [0.2, 0.25) is 0 Å². The van der Waals surface area contributed by atoms with Gasteiger partial charge in [-0.05, 0) is 40.5 Å². The maximum absolute atomic E-state index is 11.6. The van der Waals surface area contributed by atoms with Crippen molar-refractivity contribution < 1.29 is 9.29 Å². The van der Waals surface area contributed by atoms with Crippen molar-refractivity contribution in [1.29, 1.82) is 0 Å². The third-order valence-electron chi connectivity index (χ3n) is 2.89. The summed E-state index contributed by atoms with van der Waals surface area (Å²) in [5.41, 5.74) is 1.84. The van der Waals surface area contributed by atoms with Gasteiger partial charge in [-0.2, -0.15) is 0 Å². The van der Waals surface area contributed by atoms with Crippen molar-refractivity contribution >= 4 is 40.6 Å². The van der Waals surface area contributed by atoms with Gasteiger partial charge < -0.3 is 9.29 Å². The Morgan fingerprint density at radius 2 is 2.00 bits per heavy atom. The first kappa shape index (κ1) is 17.8. The average molecular weight is 333 g/mol. The Morgan fingerprint density at radius 1 is 1.40 bits per heavy atom. The zero-order valence-electron chi connectivity index (χ0n) is 12.7. The molecule has 0 aliphatic rings. The molecule has 0 bridgehead atoms. The van der Waals surface area contributed by atoms with Crippen LogP contribution in [0, 0.1) is 0 Å². The van der Waals surface area contributed by atoms with Crippen LogP contribution in [-0.2, 0) is 16.6 Å². The number of halogens is 1. The molecule has 0 fully saturated rings. The molecule has 0 aliphatic carbocycles. The lowest BCUT2D eigenvalue weighted by atomic mass is 9.86. The van der Waals surface area contributed by atoms with Crippen LogP contribution in [0.15, 0.2) is 16.4 Å². The van der Waals surface area contributed by atoms with E-state index in [0.717, 1.165) is 21.1 Å². The topological polar surface area (TPSA) is 32.3 Å². The second kappa shape index (κ2) is 7.12. The molecule has 1 rings (SSSR count). The maximum atomic E-state index is 11.6. The highest BCUT2D eigenvalue weighted by molar-refractivity contribution is 8.18. The fraction of sp³-hybridized carbons (Fsp3) is 0.467. The Kier molecular flexibility index (Phi) is 6.32. The lowest BCUT2D eigenvalue weighted by molar-refractivity contribution is 0.411. The number of methoxy groups -OCH3 is 1. The lowest BCUT2D eigenvalue weighted by Gasteiger charge is -2.22. The monoisotopic (exact) mass is 332 g/mol. The second-order valence-corrected chi connectivity index (χ2v) is 8.31. The van der Waals surface area contributed by atoms with Crippen molar-refractivity contribution in [3.63, 3.8) is 0 Å². The Labute approximate surface area is 134 Å². The Balaban J connectivity index is 3.40. The number of hydrogen-bond acceptors (Lipinski definition) is 3. The van der Waals surface area contributed by atoms with Crippen LogP contribution in [0.2, 0.25) is 5.02 Å². The van der Waals surface area contributed by atoms with E-state index in [1.54, 1.807) is 13.4 Å². The number of hydrogen-bond donors (Lipinski definition) is 0. The molecule has 0 N–H and O–H groups in total. The van der Waals surface area contributed by atoms with E-state index in [2.05, 4.69) is 20.8 Å². The minimum Gasteiger partial charge on any atom is -0.611 e. The van der Waals surface area contributed by atoms with Gasteiger partial charge in [0, 0.05) is 16.7 Å². The highest BCUT2D eigenvalue weighted by Gasteiger charge is 2.20. The van der Waals surface area contributed by atoms with Crippen molar-refractivity contribution in [2.75, 3.05) is 19.6 Å². The summed E-state index contributed by atoms with van der Waals surface area (Å²) < 4.78 is 17.9. The summed E-state index contributed by atoms with van der Waals surface area (Å²) in [6, 6.07) is 3.84. The molecule has 0 amide bonds. The lowest BCUT2D eigenvalue weighted by Crippen LogP contribution is -2.12. The SMILES string of the molecule is COc1cc(C(C)(C)C)c(Cl)cc1/C=C(/SC)[S+](C)[O-]. The van der Waals surface area contributed by atoms with E-state index >= 15 is 0 Å². The molecule has 0 aromatic heterocycles. The van der Waals surface area contributed by atoms with Crippen LogP contribution in [0.1, 0.15) is 31.9 Å².